The van der Waals surface area contributed by atoms with Gasteiger partial charge >= 0.3 is 0 Å². The number of rotatable bonds is 5. The Morgan fingerprint density at radius 3 is 1.97 bits per heavy atom. The van der Waals surface area contributed by atoms with Crippen LogP contribution in [-0.4, -0.2) is 53.5 Å². The van der Waals surface area contributed by atoms with E-state index in [4.69, 9.17) is 0 Å². The van der Waals surface area contributed by atoms with Crippen molar-refractivity contribution in [1.82, 2.24) is 9.80 Å². The van der Waals surface area contributed by atoms with Gasteiger partial charge in [0.2, 0.25) is 5.91 Å². The number of benzene rings is 1. The molecule has 1 N–H and O–H groups in total. The standard InChI is InChI=1S/C25H40N2O2/c1-8-9-12-26-13-15-27(16-14-26)22(28)11-10-19-17-20(24(2,3)4)23(29)21(18-19)25(5,6)7/h10-11,17-18,29H,8-9,12-16H2,1-7H3/b11-10+. The van der Waals surface area contributed by atoms with Gasteiger partial charge in [-0.05, 0) is 47.6 Å². The van der Waals surface area contributed by atoms with E-state index < -0.39 is 0 Å². The maximum atomic E-state index is 12.7. The second-order valence-corrected chi connectivity index (χ2v) is 10.3. The first kappa shape index (κ1) is 23.5. The van der Waals surface area contributed by atoms with E-state index in [0.29, 0.717) is 5.75 Å². The number of nitrogens with zero attached hydrogens (tertiary/aromatic N) is 2. The van der Waals surface area contributed by atoms with Crippen LogP contribution < -0.4 is 0 Å². The summed E-state index contributed by atoms with van der Waals surface area (Å²) < 4.78 is 0. The van der Waals surface area contributed by atoms with Gasteiger partial charge in [0.1, 0.15) is 5.75 Å². The number of aromatic hydroxyl groups is 1. The average molecular weight is 401 g/mol. The van der Waals surface area contributed by atoms with E-state index in [1.54, 1.807) is 6.08 Å². The fraction of sp³-hybridized carbons (Fsp3) is 0.640. The monoisotopic (exact) mass is 400 g/mol. The van der Waals surface area contributed by atoms with Crippen LogP contribution in [0.3, 0.4) is 0 Å². The van der Waals surface area contributed by atoms with Crippen molar-refractivity contribution in [3.63, 3.8) is 0 Å². The minimum absolute atomic E-state index is 0.0721. The van der Waals surface area contributed by atoms with Crippen molar-refractivity contribution in [3.05, 3.63) is 34.9 Å². The van der Waals surface area contributed by atoms with E-state index in [9.17, 15) is 9.90 Å². The van der Waals surface area contributed by atoms with Gasteiger partial charge in [-0.25, -0.2) is 0 Å². The summed E-state index contributed by atoms with van der Waals surface area (Å²) in [4.78, 5) is 17.1. The van der Waals surface area contributed by atoms with Crippen LogP contribution in [0.15, 0.2) is 18.2 Å². The first-order valence-corrected chi connectivity index (χ1v) is 11.0. The fourth-order valence-corrected chi connectivity index (χ4v) is 3.74. The van der Waals surface area contributed by atoms with Gasteiger partial charge < -0.3 is 10.0 Å². The summed E-state index contributed by atoms with van der Waals surface area (Å²) in [6.45, 7) is 19.5. The Kier molecular flexibility index (Phi) is 7.56. The van der Waals surface area contributed by atoms with Gasteiger partial charge in [0.05, 0.1) is 0 Å². The zero-order chi connectivity index (χ0) is 21.8. The summed E-state index contributed by atoms with van der Waals surface area (Å²) in [5.41, 5.74) is 2.45. The summed E-state index contributed by atoms with van der Waals surface area (Å²) in [7, 11) is 0. The molecule has 2 rings (SSSR count). The fourth-order valence-electron chi connectivity index (χ4n) is 3.74. The van der Waals surface area contributed by atoms with E-state index in [1.165, 1.54) is 12.8 Å². The Morgan fingerprint density at radius 2 is 1.52 bits per heavy atom. The zero-order valence-corrected chi connectivity index (χ0v) is 19.5. The molecule has 1 saturated heterocycles. The maximum Gasteiger partial charge on any atom is 0.246 e. The van der Waals surface area contributed by atoms with E-state index >= 15 is 0 Å². The minimum Gasteiger partial charge on any atom is -0.507 e. The lowest BCUT2D eigenvalue weighted by molar-refractivity contribution is -0.127. The summed E-state index contributed by atoms with van der Waals surface area (Å²) in [5, 5.41) is 10.8. The number of phenols is 1. The van der Waals surface area contributed by atoms with Crippen LogP contribution in [0.5, 0.6) is 5.75 Å². The Labute approximate surface area is 177 Å². The summed E-state index contributed by atoms with van der Waals surface area (Å²) in [6, 6.07) is 4.02. The van der Waals surface area contributed by atoms with Gasteiger partial charge in [-0.1, -0.05) is 54.9 Å². The molecule has 1 amide bonds. The van der Waals surface area contributed by atoms with Crippen LogP contribution in [0.25, 0.3) is 6.08 Å². The Morgan fingerprint density at radius 1 is 1.00 bits per heavy atom. The molecule has 1 fully saturated rings. The Bertz CT molecular complexity index is 695. The highest BCUT2D eigenvalue weighted by Crippen LogP contribution is 2.40. The third-order valence-electron chi connectivity index (χ3n) is 5.68. The molecule has 0 atom stereocenters. The number of amides is 1. The molecule has 0 aromatic heterocycles. The molecular weight excluding hydrogens is 360 g/mol. The van der Waals surface area contributed by atoms with Crippen LogP contribution in [0.4, 0.5) is 0 Å². The molecule has 1 aromatic carbocycles. The summed E-state index contributed by atoms with van der Waals surface area (Å²) >= 11 is 0. The van der Waals surface area contributed by atoms with Gasteiger partial charge in [-0.3, -0.25) is 9.69 Å². The van der Waals surface area contributed by atoms with Gasteiger partial charge in [0.15, 0.2) is 0 Å². The Hall–Kier alpha value is -1.81. The minimum atomic E-state index is -0.174. The number of hydrogen-bond acceptors (Lipinski definition) is 3. The molecule has 0 saturated carbocycles. The average Bonchev–Trinajstić information content (AvgIpc) is 2.63. The smallest absolute Gasteiger partial charge is 0.246 e. The van der Waals surface area contributed by atoms with Crippen molar-refractivity contribution >= 4 is 12.0 Å². The van der Waals surface area contributed by atoms with E-state index in [-0.39, 0.29) is 16.7 Å². The molecule has 1 aliphatic rings. The number of carbonyl (C=O) groups excluding carboxylic acids is 1. The van der Waals surface area contributed by atoms with Crippen molar-refractivity contribution in [2.24, 2.45) is 0 Å². The van der Waals surface area contributed by atoms with Crippen molar-refractivity contribution < 1.29 is 9.90 Å². The summed E-state index contributed by atoms with van der Waals surface area (Å²) in [6.07, 6.45) is 6.02. The highest BCUT2D eigenvalue weighted by Gasteiger charge is 2.26. The van der Waals surface area contributed by atoms with Crippen molar-refractivity contribution in [2.75, 3.05) is 32.7 Å². The van der Waals surface area contributed by atoms with Gasteiger partial charge in [-0.2, -0.15) is 0 Å². The van der Waals surface area contributed by atoms with E-state index in [2.05, 4.69) is 53.4 Å². The Balaban J connectivity index is 2.17. The molecule has 0 unspecified atom stereocenters. The van der Waals surface area contributed by atoms with Crippen LogP contribution in [0.2, 0.25) is 0 Å². The predicted molar refractivity (Wildman–Crippen MR) is 122 cm³/mol. The molecule has 1 aromatic rings. The van der Waals surface area contributed by atoms with Gasteiger partial charge in [0, 0.05) is 43.4 Å². The number of piperazine rings is 1. The quantitative estimate of drug-likeness (QED) is 0.712. The van der Waals surface area contributed by atoms with E-state index in [1.807, 2.05) is 23.1 Å². The normalized spacial score (nSPS) is 16.6. The molecule has 4 heteroatoms. The van der Waals surface area contributed by atoms with Gasteiger partial charge in [0.25, 0.3) is 0 Å². The predicted octanol–water partition coefficient (Wildman–Crippen LogP) is 4.94. The van der Waals surface area contributed by atoms with Gasteiger partial charge in [-0.15, -0.1) is 0 Å². The lowest BCUT2D eigenvalue weighted by Crippen LogP contribution is -2.48. The molecule has 0 bridgehead atoms. The molecule has 29 heavy (non-hydrogen) atoms. The van der Waals surface area contributed by atoms with Crippen LogP contribution >= 0.6 is 0 Å². The molecule has 4 nitrogen and oxygen atoms in total. The second kappa shape index (κ2) is 9.34. The molecular formula is C25H40N2O2. The highest BCUT2D eigenvalue weighted by atomic mass is 16.3. The van der Waals surface area contributed by atoms with Crippen molar-refractivity contribution in [3.8, 4) is 5.75 Å². The van der Waals surface area contributed by atoms with Crippen LogP contribution in [0.1, 0.15) is 78.0 Å². The highest BCUT2D eigenvalue weighted by molar-refractivity contribution is 5.92. The first-order valence-electron chi connectivity index (χ1n) is 11.0. The molecule has 1 heterocycles. The number of hydrogen-bond donors (Lipinski definition) is 1. The molecule has 1 aliphatic heterocycles. The van der Waals surface area contributed by atoms with Crippen LogP contribution in [-0.2, 0) is 15.6 Å². The third-order valence-corrected chi connectivity index (χ3v) is 5.68. The number of unbranched alkanes of at least 4 members (excludes halogenated alkanes) is 1. The molecule has 162 valence electrons. The molecule has 0 spiro atoms. The first-order chi connectivity index (χ1) is 13.4. The maximum absolute atomic E-state index is 12.7. The lowest BCUT2D eigenvalue weighted by atomic mass is 9.78. The lowest BCUT2D eigenvalue weighted by Gasteiger charge is -2.34. The third kappa shape index (κ3) is 6.33. The van der Waals surface area contributed by atoms with Crippen LogP contribution in [0, 0.1) is 0 Å². The second-order valence-electron chi connectivity index (χ2n) is 10.3. The van der Waals surface area contributed by atoms with Crippen molar-refractivity contribution in [1.29, 1.82) is 0 Å². The summed E-state index contributed by atoms with van der Waals surface area (Å²) in [5.74, 6) is 0.444. The van der Waals surface area contributed by atoms with Crippen molar-refractivity contribution in [2.45, 2.75) is 72.1 Å². The number of phenolic OH excluding ortho intramolecular Hbond substituents is 1. The molecule has 0 aliphatic carbocycles. The SMILES string of the molecule is CCCCN1CCN(C(=O)/C=C/c2cc(C(C)(C)C)c(O)c(C(C)(C)C)c2)CC1. The molecule has 0 radical (unpaired) electrons. The van der Waals surface area contributed by atoms with E-state index in [0.717, 1.165) is 49.4 Å². The topological polar surface area (TPSA) is 43.8 Å². The largest absolute Gasteiger partial charge is 0.507 e. The number of carbonyl (C=O) groups is 1. The zero-order valence-electron chi connectivity index (χ0n) is 19.5.